The molecule has 1 fully saturated rings. The van der Waals surface area contributed by atoms with Crippen molar-refractivity contribution in [1.29, 1.82) is 0 Å². The van der Waals surface area contributed by atoms with Gasteiger partial charge in [-0.1, -0.05) is 32.9 Å². The van der Waals surface area contributed by atoms with E-state index in [1.807, 2.05) is 0 Å². The van der Waals surface area contributed by atoms with Gasteiger partial charge in [0.2, 0.25) is 0 Å². The molecule has 8 heteroatoms. The second-order valence-electron chi connectivity index (χ2n) is 8.30. The van der Waals surface area contributed by atoms with E-state index < -0.39 is 40.6 Å². The molecule has 1 aliphatic carbocycles. The van der Waals surface area contributed by atoms with Crippen LogP contribution >= 0.6 is 0 Å². The standard InChI is InChI=1S/C21H30O8/c1-13(2)17(24)28-11-20(5,12-29-18(25)14(3)4)10-21(19(26)27)9-7-6-8-15(21)16(22)23/h15H,1,3,6-12H2,2,4-5H3,(H,22,23)(H,26,27). The van der Waals surface area contributed by atoms with Crippen LogP contribution in [-0.4, -0.2) is 47.3 Å². The SMILES string of the molecule is C=C(C)C(=O)OCC(C)(COC(=O)C(=C)C)CC1(C(=O)O)CCCCC1C(=O)O. The van der Waals surface area contributed by atoms with Gasteiger partial charge in [0.05, 0.1) is 11.3 Å². The third-order valence-electron chi connectivity index (χ3n) is 5.30. The highest BCUT2D eigenvalue weighted by Crippen LogP contribution is 2.49. The molecule has 0 saturated heterocycles. The molecule has 0 aromatic rings. The fourth-order valence-corrected chi connectivity index (χ4v) is 3.77. The summed E-state index contributed by atoms with van der Waals surface area (Å²) in [5.41, 5.74) is -2.33. The van der Waals surface area contributed by atoms with Crippen molar-refractivity contribution in [2.75, 3.05) is 13.2 Å². The molecule has 0 aromatic heterocycles. The second kappa shape index (κ2) is 9.71. The Kier molecular flexibility index (Phi) is 8.17. The molecule has 2 unspecified atom stereocenters. The van der Waals surface area contributed by atoms with Crippen LogP contribution in [0.4, 0.5) is 0 Å². The lowest BCUT2D eigenvalue weighted by atomic mass is 9.59. The molecular formula is C21H30O8. The molecule has 0 spiro atoms. The average molecular weight is 410 g/mol. The first-order valence-corrected chi connectivity index (χ1v) is 9.46. The van der Waals surface area contributed by atoms with Crippen molar-refractivity contribution in [3.05, 3.63) is 24.3 Å². The van der Waals surface area contributed by atoms with Gasteiger partial charge in [0.25, 0.3) is 0 Å². The highest BCUT2D eigenvalue weighted by Gasteiger charge is 2.54. The van der Waals surface area contributed by atoms with E-state index in [1.54, 1.807) is 6.92 Å². The van der Waals surface area contributed by atoms with Crippen LogP contribution in [0.25, 0.3) is 0 Å². The molecular weight excluding hydrogens is 380 g/mol. The Hall–Kier alpha value is -2.64. The van der Waals surface area contributed by atoms with Gasteiger partial charge >= 0.3 is 23.9 Å². The maximum Gasteiger partial charge on any atom is 0.333 e. The first kappa shape index (κ1) is 24.4. The van der Waals surface area contributed by atoms with Crippen molar-refractivity contribution in [1.82, 2.24) is 0 Å². The van der Waals surface area contributed by atoms with Crippen LogP contribution in [0.15, 0.2) is 24.3 Å². The summed E-state index contributed by atoms with van der Waals surface area (Å²) >= 11 is 0. The van der Waals surface area contributed by atoms with Gasteiger partial charge in [-0.3, -0.25) is 9.59 Å². The molecule has 1 saturated carbocycles. The Balaban J connectivity index is 3.22. The molecule has 29 heavy (non-hydrogen) atoms. The molecule has 0 radical (unpaired) electrons. The minimum absolute atomic E-state index is 0.126. The van der Waals surface area contributed by atoms with Gasteiger partial charge < -0.3 is 19.7 Å². The maximum absolute atomic E-state index is 12.3. The topological polar surface area (TPSA) is 127 Å². The zero-order valence-electron chi connectivity index (χ0n) is 17.3. The molecule has 0 heterocycles. The Morgan fingerprint density at radius 1 is 1.00 bits per heavy atom. The number of esters is 2. The Morgan fingerprint density at radius 2 is 1.48 bits per heavy atom. The average Bonchev–Trinajstić information content (AvgIpc) is 2.64. The van der Waals surface area contributed by atoms with Crippen LogP contribution in [0, 0.1) is 16.7 Å². The summed E-state index contributed by atoms with van der Waals surface area (Å²) in [4.78, 5) is 47.8. The van der Waals surface area contributed by atoms with E-state index in [-0.39, 0.29) is 43.6 Å². The number of ether oxygens (including phenoxy) is 2. The van der Waals surface area contributed by atoms with Crippen molar-refractivity contribution < 1.29 is 38.9 Å². The van der Waals surface area contributed by atoms with Gasteiger partial charge in [-0.15, -0.1) is 0 Å². The van der Waals surface area contributed by atoms with Crippen LogP contribution in [0.3, 0.4) is 0 Å². The molecule has 8 nitrogen and oxygen atoms in total. The number of carbonyl (C=O) groups is 4. The lowest BCUT2D eigenvalue weighted by molar-refractivity contribution is -0.173. The monoisotopic (exact) mass is 410 g/mol. The number of hydrogen-bond acceptors (Lipinski definition) is 6. The second-order valence-corrected chi connectivity index (χ2v) is 8.30. The Bertz CT molecular complexity index is 677. The number of aliphatic carboxylic acids is 2. The molecule has 1 rings (SSSR count). The summed E-state index contributed by atoms with van der Waals surface area (Å²) in [5.74, 6) is -4.79. The highest BCUT2D eigenvalue weighted by molar-refractivity contribution is 5.87. The highest BCUT2D eigenvalue weighted by atomic mass is 16.5. The van der Waals surface area contributed by atoms with E-state index in [0.717, 1.165) is 0 Å². The minimum atomic E-state index is -1.55. The molecule has 2 atom stereocenters. The van der Waals surface area contributed by atoms with Crippen LogP contribution in [0.1, 0.15) is 52.9 Å². The van der Waals surface area contributed by atoms with Gasteiger partial charge in [-0.2, -0.15) is 0 Å². The molecule has 162 valence electrons. The minimum Gasteiger partial charge on any atom is -0.481 e. The predicted molar refractivity (Wildman–Crippen MR) is 104 cm³/mol. The normalized spacial score (nSPS) is 21.7. The number of carboxylic acids is 2. The van der Waals surface area contributed by atoms with E-state index in [1.165, 1.54) is 13.8 Å². The third kappa shape index (κ3) is 6.17. The van der Waals surface area contributed by atoms with E-state index in [0.29, 0.717) is 12.8 Å². The van der Waals surface area contributed by atoms with Gasteiger partial charge in [0.15, 0.2) is 0 Å². The van der Waals surface area contributed by atoms with Crippen LogP contribution < -0.4 is 0 Å². The van der Waals surface area contributed by atoms with Crippen molar-refractivity contribution in [2.45, 2.75) is 52.9 Å². The zero-order chi connectivity index (χ0) is 22.4. The van der Waals surface area contributed by atoms with Crippen molar-refractivity contribution in [3.8, 4) is 0 Å². The fourth-order valence-electron chi connectivity index (χ4n) is 3.77. The van der Waals surface area contributed by atoms with Crippen molar-refractivity contribution in [2.24, 2.45) is 16.7 Å². The van der Waals surface area contributed by atoms with E-state index in [2.05, 4.69) is 13.2 Å². The molecule has 0 aliphatic heterocycles. The smallest absolute Gasteiger partial charge is 0.333 e. The van der Waals surface area contributed by atoms with E-state index in [9.17, 15) is 29.4 Å². The third-order valence-corrected chi connectivity index (χ3v) is 5.30. The first-order chi connectivity index (χ1) is 13.3. The largest absolute Gasteiger partial charge is 0.481 e. The molecule has 1 aliphatic rings. The quantitative estimate of drug-likeness (QED) is 0.416. The summed E-state index contributed by atoms with van der Waals surface area (Å²) in [6, 6.07) is 0. The van der Waals surface area contributed by atoms with E-state index >= 15 is 0 Å². The first-order valence-electron chi connectivity index (χ1n) is 9.46. The fraction of sp³-hybridized carbons (Fsp3) is 0.619. The number of carbonyl (C=O) groups excluding carboxylic acids is 2. The van der Waals surface area contributed by atoms with Crippen molar-refractivity contribution in [3.63, 3.8) is 0 Å². The van der Waals surface area contributed by atoms with Gasteiger partial charge in [0.1, 0.15) is 13.2 Å². The van der Waals surface area contributed by atoms with Crippen LogP contribution in [0.2, 0.25) is 0 Å². The summed E-state index contributed by atoms with van der Waals surface area (Å²) in [7, 11) is 0. The lowest BCUT2D eigenvalue weighted by Crippen LogP contribution is -2.49. The summed E-state index contributed by atoms with van der Waals surface area (Å²) in [6.45, 7) is 11.1. The Labute approximate surface area is 170 Å². The van der Waals surface area contributed by atoms with E-state index in [4.69, 9.17) is 9.47 Å². The molecule has 0 amide bonds. The van der Waals surface area contributed by atoms with Crippen LogP contribution in [-0.2, 0) is 28.7 Å². The van der Waals surface area contributed by atoms with Crippen molar-refractivity contribution >= 4 is 23.9 Å². The summed E-state index contributed by atoms with van der Waals surface area (Å²) < 4.78 is 10.5. The Morgan fingerprint density at radius 3 is 1.86 bits per heavy atom. The zero-order valence-corrected chi connectivity index (χ0v) is 17.3. The molecule has 0 aromatic carbocycles. The summed E-state index contributed by atoms with van der Waals surface area (Å²) in [6.07, 6.45) is 1.49. The summed E-state index contributed by atoms with van der Waals surface area (Å²) in [5, 5.41) is 19.6. The van der Waals surface area contributed by atoms with Gasteiger partial charge in [-0.05, 0) is 33.1 Å². The molecule has 0 bridgehead atoms. The maximum atomic E-state index is 12.3. The number of carboxylic acid groups (broad SMARTS) is 2. The van der Waals surface area contributed by atoms with Gasteiger partial charge in [-0.25, -0.2) is 9.59 Å². The predicted octanol–water partition coefficient (Wildman–Crippen LogP) is 2.97. The van der Waals surface area contributed by atoms with Gasteiger partial charge in [0, 0.05) is 16.6 Å². The molecule has 2 N–H and O–H groups in total. The number of rotatable bonds is 10. The van der Waals surface area contributed by atoms with Crippen LogP contribution in [0.5, 0.6) is 0 Å². The lowest BCUT2D eigenvalue weighted by Gasteiger charge is -2.43. The number of hydrogen-bond donors (Lipinski definition) is 2.